The number of hydrogen-bond acceptors (Lipinski definition) is 8. The Bertz CT molecular complexity index is 659. The van der Waals surface area contributed by atoms with E-state index in [4.69, 9.17) is 15.0 Å². The fourth-order valence-corrected chi connectivity index (χ4v) is 3.19. The predicted octanol–water partition coefficient (Wildman–Crippen LogP) is 1.47. The SMILES string of the molecule is CN(C)OP(=O)(ON(C)C)n1nc(-c2ccccc2)nc1N. The zero-order valence-electron chi connectivity index (χ0n) is 12.9. The van der Waals surface area contributed by atoms with Crippen molar-refractivity contribution in [2.45, 2.75) is 0 Å². The molecule has 0 unspecified atom stereocenters. The third-order valence-electron chi connectivity index (χ3n) is 2.41. The lowest BCUT2D eigenvalue weighted by molar-refractivity contribution is -0.0811. The second kappa shape index (κ2) is 6.55. The van der Waals surface area contributed by atoms with Crippen LogP contribution in [0.15, 0.2) is 30.3 Å². The van der Waals surface area contributed by atoms with Crippen LogP contribution in [0, 0.1) is 0 Å². The maximum atomic E-state index is 13.0. The maximum Gasteiger partial charge on any atom is 0.491 e. The quantitative estimate of drug-likeness (QED) is 0.629. The van der Waals surface area contributed by atoms with Crippen LogP contribution in [0.3, 0.4) is 0 Å². The summed E-state index contributed by atoms with van der Waals surface area (Å²) in [7, 11) is 2.47. The van der Waals surface area contributed by atoms with E-state index in [1.54, 1.807) is 28.2 Å². The van der Waals surface area contributed by atoms with E-state index in [0.29, 0.717) is 5.82 Å². The second-order valence-electron chi connectivity index (χ2n) is 4.81. The predicted molar refractivity (Wildman–Crippen MR) is 82.4 cm³/mol. The number of nitrogen functional groups attached to an aromatic ring is 1. The van der Waals surface area contributed by atoms with Crippen molar-refractivity contribution in [2.75, 3.05) is 33.9 Å². The van der Waals surface area contributed by atoms with Crippen LogP contribution >= 0.6 is 7.75 Å². The van der Waals surface area contributed by atoms with Crippen LogP contribution in [-0.4, -0.2) is 52.9 Å². The van der Waals surface area contributed by atoms with Crippen molar-refractivity contribution in [1.82, 2.24) is 24.7 Å². The summed E-state index contributed by atoms with van der Waals surface area (Å²) in [6, 6.07) is 9.21. The lowest BCUT2D eigenvalue weighted by Gasteiger charge is -2.23. The van der Waals surface area contributed by atoms with E-state index in [0.717, 1.165) is 10.0 Å². The third kappa shape index (κ3) is 3.70. The molecule has 0 fully saturated rings. The molecular formula is C12H19N6O3P. The molecule has 22 heavy (non-hydrogen) atoms. The molecule has 0 spiro atoms. The standard InChI is InChI=1S/C12H19N6O3P/c1-16(2)20-22(19,21-17(3)4)18-12(13)14-11(15-18)10-8-6-5-7-9-10/h5-9H,1-4H3,(H2,13,14,15). The van der Waals surface area contributed by atoms with Crippen molar-refractivity contribution < 1.29 is 13.8 Å². The van der Waals surface area contributed by atoms with E-state index >= 15 is 0 Å². The van der Waals surface area contributed by atoms with E-state index in [9.17, 15) is 4.57 Å². The Morgan fingerprint density at radius 2 is 1.64 bits per heavy atom. The number of rotatable bonds is 6. The second-order valence-corrected chi connectivity index (χ2v) is 6.45. The van der Waals surface area contributed by atoms with Crippen LogP contribution in [0.1, 0.15) is 0 Å². The normalized spacial score (nSPS) is 12.3. The monoisotopic (exact) mass is 326 g/mol. The number of nitrogens with zero attached hydrogens (tertiary/aromatic N) is 5. The molecule has 0 radical (unpaired) electrons. The number of aromatic nitrogens is 3. The Kier molecular flexibility index (Phi) is 4.94. The van der Waals surface area contributed by atoms with Crippen molar-refractivity contribution in [3.05, 3.63) is 30.3 Å². The van der Waals surface area contributed by atoms with Crippen LogP contribution in [-0.2, 0) is 13.8 Å². The van der Waals surface area contributed by atoms with Crippen LogP contribution < -0.4 is 5.73 Å². The van der Waals surface area contributed by atoms with Crippen LogP contribution in [0.4, 0.5) is 5.95 Å². The van der Waals surface area contributed by atoms with Crippen molar-refractivity contribution >= 4 is 13.7 Å². The minimum absolute atomic E-state index is 0.0640. The molecule has 1 heterocycles. The smallest absolute Gasteiger partial charge is 0.368 e. The van der Waals surface area contributed by atoms with Gasteiger partial charge in [-0.05, 0) is 0 Å². The van der Waals surface area contributed by atoms with Gasteiger partial charge in [0.2, 0.25) is 5.95 Å². The fourth-order valence-electron chi connectivity index (χ4n) is 1.70. The van der Waals surface area contributed by atoms with Gasteiger partial charge in [-0.3, -0.25) is 0 Å². The first-order chi connectivity index (χ1) is 10.3. The molecular weight excluding hydrogens is 307 g/mol. The molecule has 10 heteroatoms. The fraction of sp³-hybridized carbons (Fsp3) is 0.333. The molecule has 9 nitrogen and oxygen atoms in total. The summed E-state index contributed by atoms with van der Waals surface area (Å²) in [6.45, 7) is 0. The highest BCUT2D eigenvalue weighted by atomic mass is 31.2. The molecule has 2 rings (SSSR count). The van der Waals surface area contributed by atoms with E-state index in [1.807, 2.05) is 30.3 Å². The molecule has 0 aliphatic carbocycles. The van der Waals surface area contributed by atoms with E-state index in [2.05, 4.69) is 10.1 Å². The Morgan fingerprint density at radius 3 is 2.14 bits per heavy atom. The number of anilines is 1. The topological polar surface area (TPSA) is 98.7 Å². The molecule has 0 saturated heterocycles. The third-order valence-corrected chi connectivity index (χ3v) is 4.24. The zero-order valence-corrected chi connectivity index (χ0v) is 13.8. The highest BCUT2D eigenvalue weighted by molar-refractivity contribution is 7.52. The molecule has 0 atom stereocenters. The number of hydroxylamine groups is 4. The molecule has 0 saturated carbocycles. The average Bonchev–Trinajstić information content (AvgIpc) is 2.80. The Hall–Kier alpha value is -1.77. The zero-order chi connectivity index (χ0) is 16.3. The summed E-state index contributed by atoms with van der Waals surface area (Å²) >= 11 is 0. The summed E-state index contributed by atoms with van der Waals surface area (Å²) in [4.78, 5) is 4.12. The molecule has 1 aromatic heterocycles. The van der Waals surface area contributed by atoms with Gasteiger partial charge in [0, 0.05) is 33.8 Å². The average molecular weight is 326 g/mol. The summed E-state index contributed by atoms with van der Waals surface area (Å²) in [6.07, 6.45) is 0. The minimum atomic E-state index is -3.85. The maximum absolute atomic E-state index is 13.0. The Morgan fingerprint density at radius 1 is 1.09 bits per heavy atom. The first-order valence-electron chi connectivity index (χ1n) is 6.45. The molecule has 0 bridgehead atoms. The van der Waals surface area contributed by atoms with Crippen molar-refractivity contribution in [3.63, 3.8) is 0 Å². The van der Waals surface area contributed by atoms with Gasteiger partial charge in [-0.15, -0.1) is 9.55 Å². The van der Waals surface area contributed by atoms with Gasteiger partial charge in [0.15, 0.2) is 5.82 Å². The first-order valence-corrected chi connectivity index (χ1v) is 7.94. The molecule has 0 aliphatic heterocycles. The summed E-state index contributed by atoms with van der Waals surface area (Å²) < 4.78 is 24.5. The Balaban J connectivity index is 2.45. The van der Waals surface area contributed by atoms with Gasteiger partial charge < -0.3 is 5.73 Å². The molecule has 120 valence electrons. The van der Waals surface area contributed by atoms with Gasteiger partial charge in [0.25, 0.3) is 0 Å². The van der Waals surface area contributed by atoms with Gasteiger partial charge in [-0.25, -0.2) is 4.57 Å². The van der Waals surface area contributed by atoms with E-state index in [1.165, 1.54) is 10.1 Å². The minimum Gasteiger partial charge on any atom is -0.368 e. The number of benzene rings is 1. The molecule has 1 aromatic carbocycles. The summed E-state index contributed by atoms with van der Waals surface area (Å²) in [5.74, 6) is 0.272. The van der Waals surface area contributed by atoms with Gasteiger partial charge in [-0.1, -0.05) is 30.3 Å². The van der Waals surface area contributed by atoms with Crippen molar-refractivity contribution in [1.29, 1.82) is 0 Å². The number of nitrogens with two attached hydrogens (primary N) is 1. The van der Waals surface area contributed by atoms with Gasteiger partial charge in [0.05, 0.1) is 0 Å². The summed E-state index contributed by atoms with van der Waals surface area (Å²) in [5.41, 5.74) is 6.58. The summed E-state index contributed by atoms with van der Waals surface area (Å²) in [5, 5.41) is 6.69. The van der Waals surface area contributed by atoms with Crippen LogP contribution in [0.5, 0.6) is 0 Å². The van der Waals surface area contributed by atoms with Gasteiger partial charge in [0.1, 0.15) is 0 Å². The molecule has 2 aromatic rings. The van der Waals surface area contributed by atoms with Crippen LogP contribution in [0.25, 0.3) is 11.4 Å². The molecule has 2 N–H and O–H groups in total. The number of hydrogen-bond donors (Lipinski definition) is 1. The lowest BCUT2D eigenvalue weighted by Crippen LogP contribution is -2.22. The van der Waals surface area contributed by atoms with Crippen LogP contribution in [0.2, 0.25) is 0 Å². The first kappa shape index (κ1) is 16.6. The lowest BCUT2D eigenvalue weighted by atomic mass is 10.2. The van der Waals surface area contributed by atoms with E-state index in [-0.39, 0.29) is 5.95 Å². The van der Waals surface area contributed by atoms with Crippen molar-refractivity contribution in [3.8, 4) is 11.4 Å². The Labute approximate surface area is 128 Å². The highest BCUT2D eigenvalue weighted by Crippen LogP contribution is 2.51. The van der Waals surface area contributed by atoms with Gasteiger partial charge >= 0.3 is 7.75 Å². The molecule has 0 aliphatic rings. The highest BCUT2D eigenvalue weighted by Gasteiger charge is 2.35. The van der Waals surface area contributed by atoms with Gasteiger partial charge in [-0.2, -0.15) is 24.4 Å². The van der Waals surface area contributed by atoms with Crippen molar-refractivity contribution in [2.24, 2.45) is 0 Å². The largest absolute Gasteiger partial charge is 0.491 e. The van der Waals surface area contributed by atoms with E-state index < -0.39 is 7.75 Å². The molecule has 0 amide bonds.